The summed E-state index contributed by atoms with van der Waals surface area (Å²) in [5, 5.41) is 6.14. The van der Waals surface area contributed by atoms with Crippen LogP contribution in [0.2, 0.25) is 0 Å². The monoisotopic (exact) mass is 248 g/mol. The number of carbonyl (C=O) groups excluding carboxylic acids is 1. The average molecular weight is 248 g/mol. The zero-order chi connectivity index (χ0) is 13.1. The van der Waals surface area contributed by atoms with E-state index in [0.717, 1.165) is 29.0 Å². The Bertz CT molecular complexity index is 457. The third-order valence-corrected chi connectivity index (χ3v) is 3.21. The quantitative estimate of drug-likeness (QED) is 0.851. The van der Waals surface area contributed by atoms with Crippen LogP contribution >= 0.6 is 0 Å². The van der Waals surface area contributed by atoms with E-state index in [-0.39, 0.29) is 11.9 Å². The maximum absolute atomic E-state index is 11.9. The molecule has 1 fully saturated rings. The van der Waals surface area contributed by atoms with Crippen molar-refractivity contribution in [3.05, 3.63) is 28.8 Å². The zero-order valence-electron chi connectivity index (χ0n) is 11.2. The van der Waals surface area contributed by atoms with Crippen molar-refractivity contribution in [3.8, 4) is 5.75 Å². The van der Waals surface area contributed by atoms with E-state index in [1.165, 1.54) is 0 Å². The summed E-state index contributed by atoms with van der Waals surface area (Å²) in [5.74, 6) is 0.947. The van der Waals surface area contributed by atoms with Crippen LogP contribution in [0.5, 0.6) is 5.75 Å². The van der Waals surface area contributed by atoms with Crippen molar-refractivity contribution in [1.82, 2.24) is 10.6 Å². The van der Waals surface area contributed by atoms with Crippen LogP contribution in [0.25, 0.3) is 0 Å². The number of amides is 1. The van der Waals surface area contributed by atoms with Gasteiger partial charge in [0.05, 0.1) is 6.61 Å². The molecule has 1 aromatic carbocycles. The van der Waals surface area contributed by atoms with Crippen LogP contribution < -0.4 is 15.4 Å². The van der Waals surface area contributed by atoms with Crippen molar-refractivity contribution in [2.24, 2.45) is 0 Å². The number of aryl methyl sites for hydroxylation is 2. The molecule has 1 saturated heterocycles. The highest BCUT2D eigenvalue weighted by Gasteiger charge is 2.25. The minimum atomic E-state index is -0.242. The van der Waals surface area contributed by atoms with Gasteiger partial charge in [0.2, 0.25) is 5.91 Å². The van der Waals surface area contributed by atoms with Crippen molar-refractivity contribution in [3.63, 3.8) is 0 Å². The second-order valence-electron chi connectivity index (χ2n) is 4.59. The molecule has 4 nitrogen and oxygen atoms in total. The van der Waals surface area contributed by atoms with Gasteiger partial charge in [-0.15, -0.1) is 0 Å². The molecule has 2 N–H and O–H groups in total. The van der Waals surface area contributed by atoms with Gasteiger partial charge in [-0.05, 0) is 43.5 Å². The van der Waals surface area contributed by atoms with Gasteiger partial charge in [0.15, 0.2) is 0 Å². The van der Waals surface area contributed by atoms with E-state index in [1.807, 2.05) is 32.9 Å². The van der Waals surface area contributed by atoms with Crippen molar-refractivity contribution in [2.45, 2.75) is 26.8 Å². The van der Waals surface area contributed by atoms with E-state index in [1.54, 1.807) is 0 Å². The smallest absolute Gasteiger partial charge is 0.241 e. The van der Waals surface area contributed by atoms with E-state index in [0.29, 0.717) is 13.2 Å². The van der Waals surface area contributed by atoms with Crippen molar-refractivity contribution in [2.75, 3.05) is 19.7 Å². The predicted molar refractivity (Wildman–Crippen MR) is 70.8 cm³/mol. The van der Waals surface area contributed by atoms with Gasteiger partial charge in [-0.3, -0.25) is 4.79 Å². The highest BCUT2D eigenvalue weighted by molar-refractivity contribution is 5.84. The van der Waals surface area contributed by atoms with Gasteiger partial charge in [-0.2, -0.15) is 0 Å². The van der Waals surface area contributed by atoms with Gasteiger partial charge < -0.3 is 15.4 Å². The lowest BCUT2D eigenvalue weighted by Crippen LogP contribution is -2.47. The highest BCUT2D eigenvalue weighted by Crippen LogP contribution is 2.27. The second-order valence-corrected chi connectivity index (χ2v) is 4.59. The number of piperazine rings is 1. The molecule has 1 aliphatic heterocycles. The minimum absolute atomic E-state index is 0.0490. The van der Waals surface area contributed by atoms with Gasteiger partial charge >= 0.3 is 0 Å². The van der Waals surface area contributed by atoms with E-state index in [2.05, 4.69) is 10.6 Å². The molecule has 0 bridgehead atoms. The van der Waals surface area contributed by atoms with E-state index >= 15 is 0 Å². The number of benzene rings is 1. The summed E-state index contributed by atoms with van der Waals surface area (Å²) < 4.78 is 5.57. The Hall–Kier alpha value is -1.55. The lowest BCUT2D eigenvalue weighted by Gasteiger charge is -2.26. The van der Waals surface area contributed by atoms with Crippen LogP contribution in [0.15, 0.2) is 12.1 Å². The summed E-state index contributed by atoms with van der Waals surface area (Å²) in [7, 11) is 0. The van der Waals surface area contributed by atoms with E-state index in [9.17, 15) is 4.79 Å². The molecule has 18 heavy (non-hydrogen) atoms. The van der Waals surface area contributed by atoms with Crippen LogP contribution in [-0.2, 0) is 4.79 Å². The Balaban J connectivity index is 2.33. The first-order chi connectivity index (χ1) is 8.63. The fraction of sp³-hybridized carbons (Fsp3) is 0.500. The number of hydrogen-bond donors (Lipinski definition) is 2. The maximum atomic E-state index is 11.9. The van der Waals surface area contributed by atoms with E-state index in [4.69, 9.17) is 4.74 Å². The molecule has 0 aromatic heterocycles. The first kappa shape index (κ1) is 12.9. The molecule has 2 rings (SSSR count). The molecule has 1 unspecified atom stereocenters. The maximum Gasteiger partial charge on any atom is 0.241 e. The Morgan fingerprint density at radius 3 is 2.72 bits per heavy atom. The summed E-state index contributed by atoms with van der Waals surface area (Å²) in [4.78, 5) is 11.9. The number of ether oxygens (including phenoxy) is 1. The predicted octanol–water partition coefficient (Wildman–Crippen LogP) is 1.46. The normalized spacial score (nSPS) is 19.5. The fourth-order valence-electron chi connectivity index (χ4n) is 2.28. The third-order valence-electron chi connectivity index (χ3n) is 3.21. The zero-order valence-corrected chi connectivity index (χ0v) is 11.2. The molecule has 0 aliphatic carbocycles. The number of rotatable bonds is 3. The largest absolute Gasteiger partial charge is 0.494 e. The molecule has 1 amide bonds. The van der Waals surface area contributed by atoms with Crippen molar-refractivity contribution < 1.29 is 9.53 Å². The highest BCUT2D eigenvalue weighted by atomic mass is 16.5. The van der Waals surface area contributed by atoms with Crippen LogP contribution in [0.4, 0.5) is 0 Å². The molecular formula is C14H20N2O2. The third kappa shape index (κ3) is 2.48. The molecule has 98 valence electrons. The Kier molecular flexibility index (Phi) is 3.87. The SMILES string of the molecule is CCOc1cc(C)c(C2NCCNC2=O)cc1C. The Morgan fingerprint density at radius 2 is 2.06 bits per heavy atom. The van der Waals surface area contributed by atoms with Gasteiger partial charge in [0, 0.05) is 13.1 Å². The van der Waals surface area contributed by atoms with Crippen LogP contribution in [0.3, 0.4) is 0 Å². The fourth-order valence-corrected chi connectivity index (χ4v) is 2.28. The van der Waals surface area contributed by atoms with Crippen LogP contribution in [-0.4, -0.2) is 25.6 Å². The Labute approximate surface area is 108 Å². The number of carbonyl (C=O) groups is 1. The number of hydrogen-bond acceptors (Lipinski definition) is 3. The minimum Gasteiger partial charge on any atom is -0.494 e. The molecule has 1 aliphatic rings. The molecule has 1 aromatic rings. The lowest BCUT2D eigenvalue weighted by molar-refractivity contribution is -0.124. The molecule has 1 atom stereocenters. The Morgan fingerprint density at radius 1 is 1.28 bits per heavy atom. The molecular weight excluding hydrogens is 228 g/mol. The summed E-state index contributed by atoms with van der Waals surface area (Å²) in [6.45, 7) is 8.16. The molecule has 0 spiro atoms. The summed E-state index contributed by atoms with van der Waals surface area (Å²) in [6.07, 6.45) is 0. The van der Waals surface area contributed by atoms with Crippen LogP contribution in [0, 0.1) is 13.8 Å². The van der Waals surface area contributed by atoms with Crippen molar-refractivity contribution >= 4 is 5.91 Å². The lowest BCUT2D eigenvalue weighted by atomic mass is 9.96. The second kappa shape index (κ2) is 5.40. The first-order valence-corrected chi connectivity index (χ1v) is 6.38. The van der Waals surface area contributed by atoms with Crippen LogP contribution in [0.1, 0.15) is 29.7 Å². The summed E-state index contributed by atoms with van der Waals surface area (Å²) >= 11 is 0. The molecule has 0 saturated carbocycles. The molecule has 1 heterocycles. The topological polar surface area (TPSA) is 50.4 Å². The van der Waals surface area contributed by atoms with Gasteiger partial charge in [0.25, 0.3) is 0 Å². The van der Waals surface area contributed by atoms with Gasteiger partial charge in [-0.25, -0.2) is 0 Å². The summed E-state index contributed by atoms with van der Waals surface area (Å²) in [6, 6.07) is 3.81. The summed E-state index contributed by atoms with van der Waals surface area (Å²) in [5.41, 5.74) is 3.18. The molecule has 0 radical (unpaired) electrons. The first-order valence-electron chi connectivity index (χ1n) is 6.38. The van der Waals surface area contributed by atoms with E-state index < -0.39 is 0 Å². The average Bonchev–Trinajstić information content (AvgIpc) is 2.35. The standard InChI is InChI=1S/C14H20N2O2/c1-4-18-12-8-9(2)11(7-10(12)3)13-14(17)16-6-5-15-13/h7-8,13,15H,4-6H2,1-3H3,(H,16,17). The van der Waals surface area contributed by atoms with Crippen molar-refractivity contribution in [1.29, 1.82) is 0 Å². The van der Waals surface area contributed by atoms with Gasteiger partial charge in [0.1, 0.15) is 11.8 Å². The number of nitrogens with one attached hydrogen (secondary N) is 2. The van der Waals surface area contributed by atoms with Gasteiger partial charge in [-0.1, -0.05) is 6.07 Å². The molecule has 4 heteroatoms.